The van der Waals surface area contributed by atoms with Crippen molar-refractivity contribution >= 4 is 5.82 Å². The molecular formula is C13H21N3. The molecular weight excluding hydrogens is 198 g/mol. The average molecular weight is 219 g/mol. The molecule has 1 N–H and O–H groups in total. The highest BCUT2D eigenvalue weighted by Crippen LogP contribution is 2.26. The summed E-state index contributed by atoms with van der Waals surface area (Å²) < 4.78 is 0. The molecule has 1 aliphatic rings. The van der Waals surface area contributed by atoms with Gasteiger partial charge in [0.15, 0.2) is 0 Å². The first-order valence-corrected chi connectivity index (χ1v) is 6.06. The van der Waals surface area contributed by atoms with Crippen molar-refractivity contribution in [1.29, 1.82) is 0 Å². The molecule has 0 spiro atoms. The summed E-state index contributed by atoms with van der Waals surface area (Å²) in [5.74, 6) is 1.04. The van der Waals surface area contributed by atoms with Gasteiger partial charge in [0.1, 0.15) is 5.82 Å². The lowest BCUT2D eigenvalue weighted by atomic mass is 9.96. The second kappa shape index (κ2) is 4.83. The third-order valence-electron chi connectivity index (χ3n) is 3.28. The molecule has 0 saturated carbocycles. The smallest absolute Gasteiger partial charge is 0.128 e. The fraction of sp³-hybridized carbons (Fsp3) is 0.615. The molecule has 1 aromatic rings. The van der Waals surface area contributed by atoms with E-state index in [-0.39, 0.29) is 0 Å². The molecule has 1 aromatic heterocycles. The average Bonchev–Trinajstić information content (AvgIpc) is 2.30. The molecule has 0 bridgehead atoms. The zero-order chi connectivity index (χ0) is 11.5. The van der Waals surface area contributed by atoms with Crippen molar-refractivity contribution in [3.8, 4) is 0 Å². The van der Waals surface area contributed by atoms with Gasteiger partial charge in [0.25, 0.3) is 0 Å². The summed E-state index contributed by atoms with van der Waals surface area (Å²) in [5.41, 5.74) is 2.71. The SMILES string of the molecule is Cc1cc(N(C)C)ncc1[C@H]1CCCCN1. The van der Waals surface area contributed by atoms with Crippen molar-refractivity contribution in [3.63, 3.8) is 0 Å². The molecule has 16 heavy (non-hydrogen) atoms. The van der Waals surface area contributed by atoms with E-state index in [9.17, 15) is 0 Å². The van der Waals surface area contributed by atoms with E-state index in [0.717, 1.165) is 12.4 Å². The van der Waals surface area contributed by atoms with Crippen LogP contribution in [0.25, 0.3) is 0 Å². The Morgan fingerprint density at radius 2 is 2.19 bits per heavy atom. The number of nitrogens with zero attached hydrogens (tertiary/aromatic N) is 2. The molecule has 0 unspecified atom stereocenters. The Morgan fingerprint density at radius 1 is 1.38 bits per heavy atom. The molecule has 0 amide bonds. The van der Waals surface area contributed by atoms with Crippen LogP contribution in [0.5, 0.6) is 0 Å². The van der Waals surface area contributed by atoms with Crippen molar-refractivity contribution in [2.75, 3.05) is 25.5 Å². The second-order valence-corrected chi connectivity index (χ2v) is 4.80. The van der Waals surface area contributed by atoms with Crippen LogP contribution in [0, 0.1) is 6.92 Å². The third kappa shape index (κ3) is 2.35. The summed E-state index contributed by atoms with van der Waals surface area (Å²) in [4.78, 5) is 6.55. The van der Waals surface area contributed by atoms with Crippen LogP contribution in [0.3, 0.4) is 0 Å². The topological polar surface area (TPSA) is 28.2 Å². The van der Waals surface area contributed by atoms with Crippen molar-refractivity contribution in [2.24, 2.45) is 0 Å². The van der Waals surface area contributed by atoms with Crippen LogP contribution in [0.4, 0.5) is 5.82 Å². The lowest BCUT2D eigenvalue weighted by Crippen LogP contribution is -2.27. The van der Waals surface area contributed by atoms with Gasteiger partial charge in [-0.1, -0.05) is 6.42 Å². The summed E-state index contributed by atoms with van der Waals surface area (Å²) >= 11 is 0. The first kappa shape index (κ1) is 11.4. The predicted molar refractivity (Wildman–Crippen MR) is 67.9 cm³/mol. The van der Waals surface area contributed by atoms with Crippen molar-refractivity contribution in [1.82, 2.24) is 10.3 Å². The number of nitrogens with one attached hydrogen (secondary N) is 1. The van der Waals surface area contributed by atoms with E-state index < -0.39 is 0 Å². The highest BCUT2D eigenvalue weighted by Gasteiger charge is 2.17. The van der Waals surface area contributed by atoms with E-state index in [4.69, 9.17) is 0 Å². The van der Waals surface area contributed by atoms with Crippen molar-refractivity contribution < 1.29 is 0 Å². The number of hydrogen-bond donors (Lipinski definition) is 1. The maximum Gasteiger partial charge on any atom is 0.128 e. The van der Waals surface area contributed by atoms with Gasteiger partial charge in [-0.2, -0.15) is 0 Å². The monoisotopic (exact) mass is 219 g/mol. The molecule has 0 radical (unpaired) electrons. The van der Waals surface area contributed by atoms with Gasteiger partial charge in [-0.3, -0.25) is 0 Å². The summed E-state index contributed by atoms with van der Waals surface area (Å²) in [6, 6.07) is 2.68. The van der Waals surface area contributed by atoms with Crippen molar-refractivity contribution in [2.45, 2.75) is 32.2 Å². The minimum atomic E-state index is 0.512. The minimum Gasteiger partial charge on any atom is -0.363 e. The third-order valence-corrected chi connectivity index (χ3v) is 3.28. The molecule has 2 rings (SSSR count). The largest absolute Gasteiger partial charge is 0.363 e. The molecule has 1 fully saturated rings. The van der Waals surface area contributed by atoms with Gasteiger partial charge in [-0.25, -0.2) is 4.98 Å². The zero-order valence-electron chi connectivity index (χ0n) is 10.5. The number of rotatable bonds is 2. The van der Waals surface area contributed by atoms with Gasteiger partial charge in [-0.15, -0.1) is 0 Å². The number of aryl methyl sites for hydroxylation is 1. The Hall–Kier alpha value is -1.09. The van der Waals surface area contributed by atoms with Gasteiger partial charge in [0, 0.05) is 26.3 Å². The summed E-state index contributed by atoms with van der Waals surface area (Å²) in [6.07, 6.45) is 5.91. The van der Waals surface area contributed by atoms with E-state index in [2.05, 4.69) is 23.3 Å². The first-order chi connectivity index (χ1) is 7.68. The lowest BCUT2D eigenvalue weighted by Gasteiger charge is -2.25. The number of anilines is 1. The van der Waals surface area contributed by atoms with Gasteiger partial charge in [0.05, 0.1) is 0 Å². The molecule has 0 aliphatic carbocycles. The minimum absolute atomic E-state index is 0.512. The summed E-state index contributed by atoms with van der Waals surface area (Å²) in [7, 11) is 4.06. The Morgan fingerprint density at radius 3 is 2.75 bits per heavy atom. The van der Waals surface area contributed by atoms with Crippen molar-refractivity contribution in [3.05, 3.63) is 23.4 Å². The van der Waals surface area contributed by atoms with Crippen LogP contribution in [0.1, 0.15) is 36.4 Å². The van der Waals surface area contributed by atoms with Gasteiger partial charge < -0.3 is 10.2 Å². The molecule has 3 nitrogen and oxygen atoms in total. The quantitative estimate of drug-likeness (QED) is 0.827. The number of pyridine rings is 1. The molecule has 1 aliphatic heterocycles. The van der Waals surface area contributed by atoms with Gasteiger partial charge in [0.2, 0.25) is 0 Å². The van der Waals surface area contributed by atoms with Gasteiger partial charge in [-0.05, 0) is 43.5 Å². The van der Waals surface area contributed by atoms with Crippen LogP contribution in [-0.2, 0) is 0 Å². The van der Waals surface area contributed by atoms with Crippen LogP contribution >= 0.6 is 0 Å². The maximum atomic E-state index is 4.50. The number of aromatic nitrogens is 1. The molecule has 2 heterocycles. The fourth-order valence-corrected chi connectivity index (χ4v) is 2.28. The lowest BCUT2D eigenvalue weighted by molar-refractivity contribution is 0.410. The maximum absolute atomic E-state index is 4.50. The van der Waals surface area contributed by atoms with Crippen LogP contribution < -0.4 is 10.2 Å². The van der Waals surface area contributed by atoms with E-state index in [0.29, 0.717) is 6.04 Å². The fourth-order valence-electron chi connectivity index (χ4n) is 2.28. The molecule has 1 atom stereocenters. The van der Waals surface area contributed by atoms with E-state index >= 15 is 0 Å². The van der Waals surface area contributed by atoms with Crippen LogP contribution in [-0.4, -0.2) is 25.6 Å². The van der Waals surface area contributed by atoms with E-state index in [1.807, 2.05) is 25.2 Å². The Labute approximate surface area is 97.9 Å². The number of piperidine rings is 1. The summed E-state index contributed by atoms with van der Waals surface area (Å²) in [6.45, 7) is 3.32. The van der Waals surface area contributed by atoms with E-state index in [1.54, 1.807) is 0 Å². The first-order valence-electron chi connectivity index (χ1n) is 6.06. The Balaban J connectivity index is 2.21. The highest BCUT2D eigenvalue weighted by molar-refractivity contribution is 5.42. The predicted octanol–water partition coefficient (Wildman–Crippen LogP) is 2.27. The molecule has 1 saturated heterocycles. The zero-order valence-corrected chi connectivity index (χ0v) is 10.5. The molecule has 3 heteroatoms. The Kier molecular flexibility index (Phi) is 3.44. The van der Waals surface area contributed by atoms with Crippen LogP contribution in [0.15, 0.2) is 12.3 Å². The highest BCUT2D eigenvalue weighted by atomic mass is 15.1. The number of hydrogen-bond acceptors (Lipinski definition) is 3. The van der Waals surface area contributed by atoms with Crippen LogP contribution in [0.2, 0.25) is 0 Å². The Bertz CT molecular complexity index is 354. The normalized spacial score (nSPS) is 20.8. The molecule has 0 aromatic carbocycles. The van der Waals surface area contributed by atoms with E-state index in [1.165, 1.54) is 30.4 Å². The summed E-state index contributed by atoms with van der Waals surface area (Å²) in [5, 5.41) is 3.57. The second-order valence-electron chi connectivity index (χ2n) is 4.80. The molecule has 88 valence electrons. The van der Waals surface area contributed by atoms with Gasteiger partial charge >= 0.3 is 0 Å². The standard InChI is InChI=1S/C13H21N3/c1-10-8-13(16(2)3)15-9-11(10)12-6-4-5-7-14-12/h8-9,12,14H,4-7H2,1-3H3/t12-/m1/s1.